The van der Waals surface area contributed by atoms with Crippen LogP contribution in [0.15, 0.2) is 24.4 Å². The summed E-state index contributed by atoms with van der Waals surface area (Å²) in [5, 5.41) is 4.42. The van der Waals surface area contributed by atoms with Crippen molar-refractivity contribution in [3.05, 3.63) is 35.8 Å². The van der Waals surface area contributed by atoms with Gasteiger partial charge in [-0.05, 0) is 56.6 Å². The van der Waals surface area contributed by atoms with E-state index in [9.17, 15) is 4.39 Å². The number of aryl methyl sites for hydroxylation is 1. The number of fused-ring (bicyclic) bond motifs is 1. The van der Waals surface area contributed by atoms with Crippen LogP contribution in [0, 0.1) is 12.7 Å². The van der Waals surface area contributed by atoms with Crippen molar-refractivity contribution in [1.82, 2.24) is 9.88 Å². The molecular formula is C14H17FN2. The van der Waals surface area contributed by atoms with Gasteiger partial charge in [-0.1, -0.05) is 0 Å². The zero-order valence-electron chi connectivity index (χ0n) is 10.0. The van der Waals surface area contributed by atoms with Crippen LogP contribution in [-0.2, 0) is 0 Å². The Hall–Kier alpha value is -1.35. The average Bonchev–Trinajstić information content (AvgIpc) is 2.68. The number of nitrogens with zero attached hydrogens (tertiary/aromatic N) is 1. The van der Waals surface area contributed by atoms with Gasteiger partial charge in [0.25, 0.3) is 0 Å². The molecule has 0 spiro atoms. The number of nitrogens with one attached hydrogen (secondary N) is 1. The predicted molar refractivity (Wildman–Crippen MR) is 67.8 cm³/mol. The van der Waals surface area contributed by atoms with Gasteiger partial charge >= 0.3 is 0 Å². The van der Waals surface area contributed by atoms with Crippen molar-refractivity contribution in [3.8, 4) is 0 Å². The lowest BCUT2D eigenvalue weighted by molar-refractivity contribution is 0.376. The molecular weight excluding hydrogens is 215 g/mol. The van der Waals surface area contributed by atoms with Gasteiger partial charge in [0, 0.05) is 23.1 Å². The van der Waals surface area contributed by atoms with Crippen LogP contribution in [-0.4, -0.2) is 17.7 Å². The molecule has 1 aliphatic heterocycles. The zero-order valence-corrected chi connectivity index (χ0v) is 10.0. The van der Waals surface area contributed by atoms with Crippen molar-refractivity contribution >= 4 is 10.9 Å². The van der Waals surface area contributed by atoms with E-state index >= 15 is 0 Å². The standard InChI is InChI=1S/C14H17FN2/c1-10-9-17(12-4-6-16-7-5-12)14-3-2-11(15)8-13(10)14/h2-3,8-9,12,16H,4-7H2,1H3. The first-order valence-corrected chi connectivity index (χ1v) is 6.23. The summed E-state index contributed by atoms with van der Waals surface area (Å²) in [6, 6.07) is 5.65. The first-order valence-electron chi connectivity index (χ1n) is 6.23. The highest BCUT2D eigenvalue weighted by molar-refractivity contribution is 5.83. The second-order valence-electron chi connectivity index (χ2n) is 4.86. The Labute approximate surface area is 100 Å². The molecule has 1 aromatic heterocycles. The highest BCUT2D eigenvalue weighted by atomic mass is 19.1. The molecule has 0 amide bonds. The molecule has 17 heavy (non-hydrogen) atoms. The molecule has 2 aromatic rings. The van der Waals surface area contributed by atoms with Crippen LogP contribution in [0.2, 0.25) is 0 Å². The van der Waals surface area contributed by atoms with E-state index in [1.807, 2.05) is 6.07 Å². The van der Waals surface area contributed by atoms with Crippen LogP contribution in [0.1, 0.15) is 24.4 Å². The summed E-state index contributed by atoms with van der Waals surface area (Å²) < 4.78 is 15.6. The minimum Gasteiger partial charge on any atom is -0.344 e. The largest absolute Gasteiger partial charge is 0.344 e. The van der Waals surface area contributed by atoms with Gasteiger partial charge in [0.15, 0.2) is 0 Å². The maximum Gasteiger partial charge on any atom is 0.123 e. The van der Waals surface area contributed by atoms with Gasteiger partial charge in [-0.25, -0.2) is 4.39 Å². The van der Waals surface area contributed by atoms with Gasteiger partial charge in [0.05, 0.1) is 0 Å². The van der Waals surface area contributed by atoms with E-state index in [4.69, 9.17) is 0 Å². The fraction of sp³-hybridized carbons (Fsp3) is 0.429. The zero-order chi connectivity index (χ0) is 11.8. The smallest absolute Gasteiger partial charge is 0.123 e. The summed E-state index contributed by atoms with van der Waals surface area (Å²) in [4.78, 5) is 0. The summed E-state index contributed by atoms with van der Waals surface area (Å²) in [5.74, 6) is -0.149. The first kappa shape index (κ1) is 10.8. The molecule has 1 aliphatic rings. The van der Waals surface area contributed by atoms with E-state index in [-0.39, 0.29) is 5.82 Å². The molecule has 0 bridgehead atoms. The van der Waals surface area contributed by atoms with Crippen molar-refractivity contribution < 1.29 is 4.39 Å². The summed E-state index contributed by atoms with van der Waals surface area (Å²) >= 11 is 0. The second kappa shape index (κ2) is 4.15. The topological polar surface area (TPSA) is 17.0 Å². The third-order valence-electron chi connectivity index (χ3n) is 3.70. The number of halogens is 1. The summed E-state index contributed by atoms with van der Waals surface area (Å²) in [6.45, 7) is 4.20. The Kier molecular flexibility index (Phi) is 2.63. The van der Waals surface area contributed by atoms with Gasteiger partial charge < -0.3 is 9.88 Å². The van der Waals surface area contributed by atoms with E-state index in [1.165, 1.54) is 0 Å². The number of rotatable bonds is 1. The number of piperidine rings is 1. The highest BCUT2D eigenvalue weighted by Gasteiger charge is 2.17. The van der Waals surface area contributed by atoms with Crippen molar-refractivity contribution in [2.45, 2.75) is 25.8 Å². The average molecular weight is 232 g/mol. The van der Waals surface area contributed by atoms with Gasteiger partial charge in [-0.3, -0.25) is 0 Å². The molecule has 1 aromatic carbocycles. The number of benzene rings is 1. The van der Waals surface area contributed by atoms with Gasteiger partial charge in [0.1, 0.15) is 5.82 Å². The Morgan fingerprint density at radius 3 is 2.82 bits per heavy atom. The van der Waals surface area contributed by atoms with E-state index in [0.717, 1.165) is 42.4 Å². The van der Waals surface area contributed by atoms with Crippen LogP contribution in [0.4, 0.5) is 4.39 Å². The van der Waals surface area contributed by atoms with E-state index in [1.54, 1.807) is 12.1 Å². The van der Waals surface area contributed by atoms with Crippen LogP contribution >= 0.6 is 0 Å². The maximum atomic E-state index is 13.2. The quantitative estimate of drug-likeness (QED) is 0.799. The minimum absolute atomic E-state index is 0.149. The SMILES string of the molecule is Cc1cn(C2CCNCC2)c2ccc(F)cc12. The molecule has 0 unspecified atom stereocenters. The molecule has 2 heterocycles. The molecule has 2 nitrogen and oxygen atoms in total. The molecule has 3 heteroatoms. The van der Waals surface area contributed by atoms with E-state index in [0.29, 0.717) is 6.04 Å². The summed E-state index contributed by atoms with van der Waals surface area (Å²) in [5.41, 5.74) is 2.33. The number of hydrogen-bond acceptors (Lipinski definition) is 1. The maximum absolute atomic E-state index is 13.2. The fourth-order valence-corrected chi connectivity index (χ4v) is 2.78. The molecule has 90 valence electrons. The molecule has 0 radical (unpaired) electrons. The lowest BCUT2D eigenvalue weighted by atomic mass is 10.1. The second-order valence-corrected chi connectivity index (χ2v) is 4.86. The van der Waals surface area contributed by atoms with Gasteiger partial charge in [0.2, 0.25) is 0 Å². The number of aromatic nitrogens is 1. The Balaban J connectivity index is 2.10. The molecule has 1 saturated heterocycles. The van der Waals surface area contributed by atoms with E-state index in [2.05, 4.69) is 23.0 Å². The molecule has 1 N–H and O–H groups in total. The van der Waals surface area contributed by atoms with Gasteiger partial charge in [-0.15, -0.1) is 0 Å². The monoisotopic (exact) mass is 232 g/mol. The lowest BCUT2D eigenvalue weighted by Gasteiger charge is -2.25. The molecule has 1 fully saturated rings. The van der Waals surface area contributed by atoms with Gasteiger partial charge in [-0.2, -0.15) is 0 Å². The van der Waals surface area contributed by atoms with E-state index < -0.39 is 0 Å². The van der Waals surface area contributed by atoms with Crippen molar-refractivity contribution in [1.29, 1.82) is 0 Å². The van der Waals surface area contributed by atoms with Crippen molar-refractivity contribution in [2.75, 3.05) is 13.1 Å². The number of hydrogen-bond donors (Lipinski definition) is 1. The summed E-state index contributed by atoms with van der Waals surface area (Å²) in [6.07, 6.45) is 4.47. The highest BCUT2D eigenvalue weighted by Crippen LogP contribution is 2.28. The van der Waals surface area contributed by atoms with Crippen molar-refractivity contribution in [2.24, 2.45) is 0 Å². The molecule has 0 saturated carbocycles. The molecule has 3 rings (SSSR count). The fourth-order valence-electron chi connectivity index (χ4n) is 2.78. The van der Waals surface area contributed by atoms with Crippen LogP contribution in [0.3, 0.4) is 0 Å². The Morgan fingerprint density at radius 2 is 2.06 bits per heavy atom. The molecule has 0 aliphatic carbocycles. The van der Waals surface area contributed by atoms with Crippen LogP contribution in [0.5, 0.6) is 0 Å². The third kappa shape index (κ3) is 1.84. The first-order chi connectivity index (χ1) is 8.25. The lowest BCUT2D eigenvalue weighted by Crippen LogP contribution is -2.29. The Morgan fingerprint density at radius 1 is 1.29 bits per heavy atom. The minimum atomic E-state index is -0.149. The summed E-state index contributed by atoms with van der Waals surface area (Å²) in [7, 11) is 0. The van der Waals surface area contributed by atoms with Crippen LogP contribution < -0.4 is 5.32 Å². The van der Waals surface area contributed by atoms with Crippen molar-refractivity contribution in [3.63, 3.8) is 0 Å². The third-order valence-corrected chi connectivity index (χ3v) is 3.70. The predicted octanol–water partition coefficient (Wildman–Crippen LogP) is 3.01. The molecule has 0 atom stereocenters. The Bertz CT molecular complexity index is 538. The normalized spacial score (nSPS) is 17.8. The van der Waals surface area contributed by atoms with Crippen LogP contribution in [0.25, 0.3) is 10.9 Å².